The summed E-state index contributed by atoms with van der Waals surface area (Å²) >= 11 is 0. The molecule has 5 nitrogen and oxygen atoms in total. The lowest BCUT2D eigenvalue weighted by Crippen LogP contribution is -2.32. The third-order valence-electron chi connectivity index (χ3n) is 3.86. The van der Waals surface area contributed by atoms with Crippen LogP contribution in [0.1, 0.15) is 58.6 Å². The number of carbonyl (C=O) groups excluding carboxylic acids is 2. The fourth-order valence-electron chi connectivity index (χ4n) is 2.96. The van der Waals surface area contributed by atoms with E-state index in [9.17, 15) is 9.59 Å². The summed E-state index contributed by atoms with van der Waals surface area (Å²) in [5.41, 5.74) is 0.544. The second-order valence-corrected chi connectivity index (χ2v) is 7.28. The Morgan fingerprint density at radius 2 is 2.09 bits per heavy atom. The van der Waals surface area contributed by atoms with Crippen molar-refractivity contribution in [1.29, 1.82) is 0 Å². The maximum absolute atomic E-state index is 12.5. The zero-order chi connectivity index (χ0) is 17.0. The highest BCUT2D eigenvalue weighted by molar-refractivity contribution is 5.82. The Bertz CT molecular complexity index is 551. The van der Waals surface area contributed by atoms with Crippen LogP contribution in [0.4, 0.5) is 0 Å². The molecule has 1 aromatic rings. The first-order valence-corrected chi connectivity index (χ1v) is 8.17. The van der Waals surface area contributed by atoms with Gasteiger partial charge in [0.25, 0.3) is 0 Å². The molecule has 1 fully saturated rings. The van der Waals surface area contributed by atoms with Crippen molar-refractivity contribution >= 4 is 11.9 Å². The predicted octanol–water partition coefficient (Wildman–Crippen LogP) is 3.11. The summed E-state index contributed by atoms with van der Waals surface area (Å²) in [6.45, 7) is 8.35. The van der Waals surface area contributed by atoms with Crippen molar-refractivity contribution in [2.45, 2.75) is 58.6 Å². The molecule has 1 amide bonds. The molecule has 2 rings (SSSR count). The molecule has 0 N–H and O–H groups in total. The second-order valence-electron chi connectivity index (χ2n) is 7.28. The van der Waals surface area contributed by atoms with Crippen LogP contribution in [0.5, 0.6) is 0 Å². The highest BCUT2D eigenvalue weighted by atomic mass is 16.6. The molecule has 126 valence electrons. The Hall–Kier alpha value is -1.91. The normalized spacial score (nSPS) is 21.3. The van der Waals surface area contributed by atoms with Gasteiger partial charge in [0.1, 0.15) is 5.60 Å². The monoisotopic (exact) mass is 318 g/mol. The number of esters is 1. The third kappa shape index (κ3) is 5.05. The van der Waals surface area contributed by atoms with E-state index in [2.05, 4.69) is 11.9 Å². The van der Waals surface area contributed by atoms with Crippen molar-refractivity contribution in [2.75, 3.05) is 6.54 Å². The number of nitrogens with zero attached hydrogens (tertiary/aromatic N) is 2. The summed E-state index contributed by atoms with van der Waals surface area (Å²) in [5.74, 6) is 0.135. The molecule has 2 atom stereocenters. The van der Waals surface area contributed by atoms with Crippen LogP contribution >= 0.6 is 0 Å². The number of rotatable bonds is 4. The molecule has 0 radical (unpaired) electrons. The minimum absolute atomic E-state index is 0.00839. The number of aromatic nitrogens is 1. The maximum atomic E-state index is 12.5. The Balaban J connectivity index is 1.96. The molecule has 0 bridgehead atoms. The molecule has 0 aromatic carbocycles. The van der Waals surface area contributed by atoms with Gasteiger partial charge in [0, 0.05) is 25.4 Å². The first-order valence-electron chi connectivity index (χ1n) is 8.17. The van der Waals surface area contributed by atoms with Gasteiger partial charge in [-0.1, -0.05) is 13.0 Å². The zero-order valence-corrected chi connectivity index (χ0v) is 14.4. The number of ether oxygens (including phenoxy) is 1. The minimum Gasteiger partial charge on any atom is -0.460 e. The predicted molar refractivity (Wildman–Crippen MR) is 87.6 cm³/mol. The minimum atomic E-state index is -0.513. The van der Waals surface area contributed by atoms with E-state index >= 15 is 0 Å². The number of hydrogen-bond donors (Lipinski definition) is 0. The lowest BCUT2D eigenvalue weighted by atomic mass is 10.0. The molecule has 1 aliphatic heterocycles. The Labute approximate surface area is 138 Å². The molecule has 0 aliphatic carbocycles. The molecule has 5 heteroatoms. The largest absolute Gasteiger partial charge is 0.460 e. The Morgan fingerprint density at radius 3 is 2.70 bits per heavy atom. The second kappa shape index (κ2) is 7.11. The highest BCUT2D eigenvalue weighted by Crippen LogP contribution is 2.35. The summed E-state index contributed by atoms with van der Waals surface area (Å²) in [7, 11) is 0. The molecule has 1 saturated heterocycles. The van der Waals surface area contributed by atoms with Gasteiger partial charge in [-0.05, 0) is 44.7 Å². The van der Waals surface area contributed by atoms with Gasteiger partial charge in [-0.2, -0.15) is 0 Å². The van der Waals surface area contributed by atoms with E-state index in [-0.39, 0.29) is 30.8 Å². The Kier molecular flexibility index (Phi) is 5.39. The van der Waals surface area contributed by atoms with E-state index in [0.717, 1.165) is 18.5 Å². The molecule has 1 aromatic heterocycles. The van der Waals surface area contributed by atoms with Crippen LogP contribution in [0, 0.1) is 5.92 Å². The third-order valence-corrected chi connectivity index (χ3v) is 3.86. The number of carbonyl (C=O) groups is 2. The molecule has 0 saturated carbocycles. The number of amides is 1. The smallest absolute Gasteiger partial charge is 0.306 e. The van der Waals surface area contributed by atoms with Gasteiger partial charge in [-0.3, -0.25) is 14.6 Å². The lowest BCUT2D eigenvalue weighted by molar-refractivity contribution is -0.156. The first-order chi connectivity index (χ1) is 10.8. The van der Waals surface area contributed by atoms with Crippen molar-refractivity contribution in [3.8, 4) is 0 Å². The van der Waals surface area contributed by atoms with Gasteiger partial charge >= 0.3 is 5.97 Å². The van der Waals surface area contributed by atoms with Crippen LogP contribution in [0.15, 0.2) is 24.5 Å². The van der Waals surface area contributed by atoms with Crippen LogP contribution in [0.2, 0.25) is 0 Å². The number of pyridine rings is 1. The first kappa shape index (κ1) is 17.4. The number of likely N-dealkylation sites (tertiary alicyclic amines) is 1. The van der Waals surface area contributed by atoms with E-state index in [1.54, 1.807) is 6.20 Å². The zero-order valence-electron chi connectivity index (χ0n) is 14.4. The van der Waals surface area contributed by atoms with Gasteiger partial charge in [0.2, 0.25) is 5.91 Å². The average Bonchev–Trinajstić information content (AvgIpc) is 2.86. The standard InChI is InChI=1S/C18H26N2O3/c1-13-10-15(14-6-5-9-19-11-14)20(12-13)16(21)7-8-17(22)23-18(2,3)4/h5-6,9,11,13,15H,7-8,10,12H2,1-4H3. The molecule has 0 spiro atoms. The van der Waals surface area contributed by atoms with Crippen molar-refractivity contribution in [3.63, 3.8) is 0 Å². The van der Waals surface area contributed by atoms with Gasteiger partial charge in [0.05, 0.1) is 12.5 Å². The molecule has 2 heterocycles. The summed E-state index contributed by atoms with van der Waals surface area (Å²) < 4.78 is 5.26. The quantitative estimate of drug-likeness (QED) is 0.800. The summed E-state index contributed by atoms with van der Waals surface area (Å²) in [6.07, 6.45) is 4.80. The van der Waals surface area contributed by atoms with Gasteiger partial charge in [0.15, 0.2) is 0 Å². The molecular weight excluding hydrogens is 292 g/mol. The maximum Gasteiger partial charge on any atom is 0.306 e. The topological polar surface area (TPSA) is 59.5 Å². The van der Waals surface area contributed by atoms with Crippen molar-refractivity contribution in [1.82, 2.24) is 9.88 Å². The van der Waals surface area contributed by atoms with Crippen molar-refractivity contribution in [2.24, 2.45) is 5.92 Å². The van der Waals surface area contributed by atoms with E-state index in [1.807, 2.05) is 44.0 Å². The van der Waals surface area contributed by atoms with Crippen LogP contribution in [0.3, 0.4) is 0 Å². The van der Waals surface area contributed by atoms with Crippen LogP contribution in [-0.4, -0.2) is 33.9 Å². The highest BCUT2D eigenvalue weighted by Gasteiger charge is 2.34. The SMILES string of the molecule is CC1CC(c2cccnc2)N(C(=O)CCC(=O)OC(C)(C)C)C1. The van der Waals surface area contributed by atoms with Crippen molar-refractivity contribution < 1.29 is 14.3 Å². The number of hydrogen-bond acceptors (Lipinski definition) is 4. The van der Waals surface area contributed by atoms with Crippen LogP contribution in [0.25, 0.3) is 0 Å². The lowest BCUT2D eigenvalue weighted by Gasteiger charge is -2.25. The summed E-state index contributed by atoms with van der Waals surface area (Å²) in [6, 6.07) is 3.95. The average molecular weight is 318 g/mol. The van der Waals surface area contributed by atoms with Gasteiger partial charge in [-0.25, -0.2) is 0 Å². The summed E-state index contributed by atoms with van der Waals surface area (Å²) in [5, 5.41) is 0. The fraction of sp³-hybridized carbons (Fsp3) is 0.611. The Morgan fingerprint density at radius 1 is 1.35 bits per heavy atom. The molecule has 23 heavy (non-hydrogen) atoms. The summed E-state index contributed by atoms with van der Waals surface area (Å²) in [4.78, 5) is 30.4. The van der Waals surface area contributed by atoms with E-state index in [0.29, 0.717) is 5.92 Å². The fourth-order valence-corrected chi connectivity index (χ4v) is 2.96. The molecular formula is C18H26N2O3. The van der Waals surface area contributed by atoms with E-state index in [1.165, 1.54) is 0 Å². The van der Waals surface area contributed by atoms with Gasteiger partial charge in [-0.15, -0.1) is 0 Å². The van der Waals surface area contributed by atoms with Crippen molar-refractivity contribution in [3.05, 3.63) is 30.1 Å². The van der Waals surface area contributed by atoms with E-state index < -0.39 is 5.60 Å². The van der Waals surface area contributed by atoms with Gasteiger partial charge < -0.3 is 9.64 Å². The molecule has 2 unspecified atom stereocenters. The molecule has 1 aliphatic rings. The van der Waals surface area contributed by atoms with E-state index in [4.69, 9.17) is 4.74 Å². The van der Waals surface area contributed by atoms with Crippen LogP contribution in [-0.2, 0) is 14.3 Å². The van der Waals surface area contributed by atoms with Crippen LogP contribution < -0.4 is 0 Å².